The molecule has 7 heteroatoms. The summed E-state index contributed by atoms with van der Waals surface area (Å²) in [5.74, 6) is 0.789. The van der Waals surface area contributed by atoms with Gasteiger partial charge in [-0.15, -0.1) is 0 Å². The maximum absolute atomic E-state index is 10.4. The van der Waals surface area contributed by atoms with Crippen LogP contribution in [0.4, 0.5) is 11.5 Å². The molecule has 0 bridgehead atoms. The first-order valence-electron chi connectivity index (χ1n) is 6.39. The van der Waals surface area contributed by atoms with Crippen LogP contribution in [-0.4, -0.2) is 30.2 Å². The zero-order chi connectivity index (χ0) is 14.7. The minimum atomic E-state index is 0.393. The third-order valence-corrected chi connectivity index (χ3v) is 4.12. The van der Waals surface area contributed by atoms with Crippen LogP contribution in [0.5, 0.6) is 0 Å². The summed E-state index contributed by atoms with van der Waals surface area (Å²) in [6, 6.07) is 6.06. The van der Waals surface area contributed by atoms with Crippen molar-refractivity contribution in [3.05, 3.63) is 36.2 Å². The van der Waals surface area contributed by atoms with Crippen molar-refractivity contribution in [3.8, 4) is 0 Å². The molecule has 1 aliphatic rings. The van der Waals surface area contributed by atoms with E-state index in [0.717, 1.165) is 27.0 Å². The molecule has 1 N–H and O–H groups in total. The predicted molar refractivity (Wildman–Crippen MR) is 79.5 cm³/mol. The van der Waals surface area contributed by atoms with E-state index in [2.05, 4.69) is 15.3 Å². The van der Waals surface area contributed by atoms with E-state index in [4.69, 9.17) is 4.74 Å². The predicted octanol–water partition coefficient (Wildman–Crippen LogP) is 1.93. The zero-order valence-electron chi connectivity index (χ0n) is 11.4. The van der Waals surface area contributed by atoms with E-state index in [1.165, 1.54) is 0 Å². The fourth-order valence-corrected chi connectivity index (χ4v) is 3.17. The number of rotatable bonds is 5. The lowest BCUT2D eigenvalue weighted by Crippen LogP contribution is -2.25. The van der Waals surface area contributed by atoms with E-state index >= 15 is 0 Å². The summed E-state index contributed by atoms with van der Waals surface area (Å²) in [4.78, 5) is 22.3. The SMILES string of the molecule is COCN1c2cc(CNC=O)ccc2Sc2nccnc21. The summed E-state index contributed by atoms with van der Waals surface area (Å²) >= 11 is 1.58. The average Bonchev–Trinajstić information content (AvgIpc) is 2.53. The Kier molecular flexibility index (Phi) is 4.03. The highest BCUT2D eigenvalue weighted by Crippen LogP contribution is 2.46. The van der Waals surface area contributed by atoms with Gasteiger partial charge in [0.05, 0.1) is 5.69 Å². The van der Waals surface area contributed by atoms with E-state index in [1.807, 2.05) is 23.1 Å². The van der Waals surface area contributed by atoms with Gasteiger partial charge in [0.1, 0.15) is 11.8 Å². The Morgan fingerprint density at radius 1 is 1.38 bits per heavy atom. The molecule has 0 saturated heterocycles. The van der Waals surface area contributed by atoms with Gasteiger partial charge in [0.2, 0.25) is 6.41 Å². The lowest BCUT2D eigenvalue weighted by Gasteiger charge is -2.30. The molecule has 0 fully saturated rings. The minimum Gasteiger partial charge on any atom is -0.364 e. The molecule has 0 aliphatic carbocycles. The number of hydrogen-bond acceptors (Lipinski definition) is 6. The molecule has 0 spiro atoms. The quantitative estimate of drug-likeness (QED) is 0.851. The van der Waals surface area contributed by atoms with Crippen LogP contribution < -0.4 is 10.2 Å². The number of carbonyl (C=O) groups is 1. The highest BCUT2D eigenvalue weighted by Gasteiger charge is 2.25. The summed E-state index contributed by atoms with van der Waals surface area (Å²) in [5.41, 5.74) is 2.04. The molecule has 0 saturated carbocycles. The summed E-state index contributed by atoms with van der Waals surface area (Å²) in [7, 11) is 1.65. The molecule has 108 valence electrons. The van der Waals surface area contributed by atoms with E-state index in [9.17, 15) is 4.79 Å². The van der Waals surface area contributed by atoms with Crippen LogP contribution in [-0.2, 0) is 16.1 Å². The van der Waals surface area contributed by atoms with Crippen LogP contribution in [0.15, 0.2) is 40.5 Å². The lowest BCUT2D eigenvalue weighted by molar-refractivity contribution is -0.109. The molecule has 2 aromatic rings. The van der Waals surface area contributed by atoms with Gasteiger partial charge in [-0.2, -0.15) is 0 Å². The molecule has 1 aliphatic heterocycles. The second kappa shape index (κ2) is 6.11. The van der Waals surface area contributed by atoms with Crippen molar-refractivity contribution in [1.29, 1.82) is 0 Å². The molecule has 1 aromatic carbocycles. The normalized spacial score (nSPS) is 12.5. The van der Waals surface area contributed by atoms with Crippen LogP contribution in [0.2, 0.25) is 0 Å². The monoisotopic (exact) mass is 302 g/mol. The average molecular weight is 302 g/mol. The van der Waals surface area contributed by atoms with Crippen molar-refractivity contribution in [2.24, 2.45) is 0 Å². The summed E-state index contributed by atoms with van der Waals surface area (Å²) in [6.45, 7) is 0.888. The van der Waals surface area contributed by atoms with Crippen LogP contribution >= 0.6 is 11.8 Å². The Labute approximate surface area is 126 Å². The van der Waals surface area contributed by atoms with Gasteiger partial charge in [-0.25, -0.2) is 9.97 Å². The van der Waals surface area contributed by atoms with Crippen LogP contribution in [0.3, 0.4) is 0 Å². The topological polar surface area (TPSA) is 67.3 Å². The third kappa shape index (κ3) is 2.70. The largest absolute Gasteiger partial charge is 0.364 e. The number of nitrogens with zero attached hydrogens (tertiary/aromatic N) is 3. The first-order valence-corrected chi connectivity index (χ1v) is 7.20. The number of carbonyl (C=O) groups excluding carboxylic acids is 1. The number of fused-ring (bicyclic) bond motifs is 2. The molecule has 1 aromatic heterocycles. The molecule has 3 rings (SSSR count). The van der Waals surface area contributed by atoms with E-state index in [1.54, 1.807) is 31.3 Å². The molecule has 0 unspecified atom stereocenters. The van der Waals surface area contributed by atoms with Crippen LogP contribution in [0.1, 0.15) is 5.56 Å². The molecule has 21 heavy (non-hydrogen) atoms. The van der Waals surface area contributed by atoms with Crippen molar-refractivity contribution in [2.75, 3.05) is 18.7 Å². The fraction of sp³-hybridized carbons (Fsp3) is 0.214. The van der Waals surface area contributed by atoms with Gasteiger partial charge in [-0.3, -0.25) is 9.69 Å². The summed E-state index contributed by atoms with van der Waals surface area (Å²) in [5, 5.41) is 3.53. The molecular weight excluding hydrogens is 288 g/mol. The van der Waals surface area contributed by atoms with Crippen molar-refractivity contribution in [1.82, 2.24) is 15.3 Å². The Balaban J connectivity index is 2.01. The number of benzene rings is 1. The molecule has 1 amide bonds. The second-order valence-corrected chi connectivity index (χ2v) is 5.46. The zero-order valence-corrected chi connectivity index (χ0v) is 12.3. The Bertz CT molecular complexity index is 665. The molecule has 2 heterocycles. The van der Waals surface area contributed by atoms with E-state index in [0.29, 0.717) is 19.7 Å². The number of aromatic nitrogens is 2. The summed E-state index contributed by atoms with van der Waals surface area (Å²) < 4.78 is 5.29. The van der Waals surface area contributed by atoms with Crippen molar-refractivity contribution >= 4 is 29.7 Å². The molecule has 0 atom stereocenters. The van der Waals surface area contributed by atoms with Crippen LogP contribution in [0.25, 0.3) is 0 Å². The highest BCUT2D eigenvalue weighted by molar-refractivity contribution is 7.99. The van der Waals surface area contributed by atoms with E-state index in [-0.39, 0.29) is 0 Å². The van der Waals surface area contributed by atoms with Gasteiger partial charge >= 0.3 is 0 Å². The number of nitrogens with one attached hydrogen (secondary N) is 1. The molecule has 0 radical (unpaired) electrons. The maximum atomic E-state index is 10.4. The minimum absolute atomic E-state index is 0.393. The van der Waals surface area contributed by atoms with Gasteiger partial charge in [0.25, 0.3) is 0 Å². The van der Waals surface area contributed by atoms with Gasteiger partial charge in [0, 0.05) is 30.9 Å². The maximum Gasteiger partial charge on any atom is 0.207 e. The Morgan fingerprint density at radius 3 is 3.05 bits per heavy atom. The number of amides is 1. The fourth-order valence-electron chi connectivity index (χ4n) is 2.18. The number of ether oxygens (including phenoxy) is 1. The standard InChI is InChI=1S/C14H14N4O2S/c1-20-9-18-11-6-10(7-15-8-19)2-3-12(11)21-14-13(18)16-4-5-17-14/h2-6,8H,7,9H2,1H3,(H,15,19). The Morgan fingerprint density at radius 2 is 2.24 bits per heavy atom. The lowest BCUT2D eigenvalue weighted by atomic mass is 10.2. The first kappa shape index (κ1) is 13.8. The smallest absolute Gasteiger partial charge is 0.207 e. The number of anilines is 2. The van der Waals surface area contributed by atoms with Crippen molar-refractivity contribution in [2.45, 2.75) is 16.5 Å². The molecule has 6 nitrogen and oxygen atoms in total. The van der Waals surface area contributed by atoms with Gasteiger partial charge < -0.3 is 10.1 Å². The second-order valence-electron chi connectivity index (χ2n) is 4.43. The first-order chi connectivity index (χ1) is 10.3. The molecular formula is C14H14N4O2S. The van der Waals surface area contributed by atoms with Crippen molar-refractivity contribution in [3.63, 3.8) is 0 Å². The van der Waals surface area contributed by atoms with Gasteiger partial charge in [0.15, 0.2) is 5.82 Å². The van der Waals surface area contributed by atoms with Gasteiger partial charge in [-0.05, 0) is 17.7 Å². The van der Waals surface area contributed by atoms with E-state index < -0.39 is 0 Å². The Hall–Kier alpha value is -2.12. The third-order valence-electron chi connectivity index (χ3n) is 3.07. The highest BCUT2D eigenvalue weighted by atomic mass is 32.2. The number of hydrogen-bond donors (Lipinski definition) is 1. The number of methoxy groups -OCH3 is 1. The summed E-state index contributed by atoms with van der Waals surface area (Å²) in [6.07, 6.45) is 4.05. The van der Waals surface area contributed by atoms with Crippen LogP contribution in [0, 0.1) is 0 Å². The van der Waals surface area contributed by atoms with Crippen molar-refractivity contribution < 1.29 is 9.53 Å². The van der Waals surface area contributed by atoms with Gasteiger partial charge in [-0.1, -0.05) is 17.8 Å².